The first-order chi connectivity index (χ1) is 12.8. The van der Waals surface area contributed by atoms with Gasteiger partial charge in [0.15, 0.2) is 6.10 Å². The van der Waals surface area contributed by atoms with Gasteiger partial charge in [-0.05, 0) is 51.6 Å². The van der Waals surface area contributed by atoms with Gasteiger partial charge in [0.1, 0.15) is 0 Å². The average Bonchev–Trinajstić information content (AvgIpc) is 2.95. The largest absolute Gasteiger partial charge is 0.462 e. The van der Waals surface area contributed by atoms with E-state index >= 15 is 0 Å². The van der Waals surface area contributed by atoms with Crippen molar-refractivity contribution in [2.45, 2.75) is 38.7 Å². The Bertz CT molecular complexity index is 871. The number of aromatic nitrogens is 1. The standard InChI is InChI=1S/C20H23NO5S/c1-6-25-20(24)16-11(2)17(21-12(16)3)18(22)13(4)26-19(23)14-9-7-8-10-15(14)27-5/h7-10,13,21H,6H2,1-5H3/t13-/m1/s1. The topological polar surface area (TPSA) is 85.5 Å². The molecule has 0 aliphatic carbocycles. The van der Waals surface area contributed by atoms with Crippen LogP contribution in [0.15, 0.2) is 29.2 Å². The maximum absolute atomic E-state index is 12.8. The molecule has 0 fully saturated rings. The van der Waals surface area contributed by atoms with Gasteiger partial charge in [0.2, 0.25) is 5.78 Å². The van der Waals surface area contributed by atoms with Crippen molar-refractivity contribution in [3.8, 4) is 0 Å². The number of nitrogens with one attached hydrogen (secondary N) is 1. The van der Waals surface area contributed by atoms with Crippen LogP contribution in [0.25, 0.3) is 0 Å². The molecule has 1 atom stereocenters. The summed E-state index contributed by atoms with van der Waals surface area (Å²) in [6, 6.07) is 7.05. The normalized spacial score (nSPS) is 11.7. The molecule has 0 aliphatic rings. The molecular weight excluding hydrogens is 366 g/mol. The molecule has 1 N–H and O–H groups in total. The van der Waals surface area contributed by atoms with Crippen LogP contribution < -0.4 is 0 Å². The summed E-state index contributed by atoms with van der Waals surface area (Å²) < 4.78 is 10.4. The van der Waals surface area contributed by atoms with Gasteiger partial charge >= 0.3 is 11.9 Å². The molecule has 1 aromatic carbocycles. The molecule has 0 bridgehead atoms. The molecule has 2 rings (SSSR count). The Balaban J connectivity index is 2.22. The van der Waals surface area contributed by atoms with Gasteiger partial charge < -0.3 is 14.5 Å². The van der Waals surface area contributed by atoms with E-state index in [0.717, 1.165) is 4.90 Å². The van der Waals surface area contributed by atoms with Crippen LogP contribution in [0.4, 0.5) is 0 Å². The number of ether oxygens (including phenoxy) is 2. The first-order valence-corrected chi connectivity index (χ1v) is 9.78. The first-order valence-electron chi connectivity index (χ1n) is 8.56. The van der Waals surface area contributed by atoms with Crippen LogP contribution in [0, 0.1) is 13.8 Å². The highest BCUT2D eigenvalue weighted by Crippen LogP contribution is 2.23. The number of aromatic amines is 1. The zero-order valence-electron chi connectivity index (χ0n) is 16.0. The van der Waals surface area contributed by atoms with Crippen LogP contribution in [-0.4, -0.2) is 41.7 Å². The lowest BCUT2D eigenvalue weighted by atomic mass is 10.1. The van der Waals surface area contributed by atoms with Crippen LogP contribution >= 0.6 is 11.8 Å². The lowest BCUT2D eigenvalue weighted by Crippen LogP contribution is -2.25. The van der Waals surface area contributed by atoms with Crippen LogP contribution in [0.3, 0.4) is 0 Å². The van der Waals surface area contributed by atoms with Gasteiger partial charge in [0.05, 0.1) is 23.4 Å². The van der Waals surface area contributed by atoms with E-state index in [9.17, 15) is 14.4 Å². The molecule has 0 saturated carbocycles. The molecule has 144 valence electrons. The van der Waals surface area contributed by atoms with Crippen molar-refractivity contribution in [3.63, 3.8) is 0 Å². The molecule has 0 spiro atoms. The van der Waals surface area contributed by atoms with Gasteiger partial charge in [0.25, 0.3) is 0 Å². The summed E-state index contributed by atoms with van der Waals surface area (Å²) in [6.07, 6.45) is 0.863. The number of hydrogen-bond donors (Lipinski definition) is 1. The van der Waals surface area contributed by atoms with Gasteiger partial charge in [-0.1, -0.05) is 12.1 Å². The number of ketones is 1. The summed E-state index contributed by atoms with van der Waals surface area (Å²) in [7, 11) is 0. The molecule has 6 nitrogen and oxygen atoms in total. The number of esters is 2. The van der Waals surface area contributed by atoms with Crippen molar-refractivity contribution in [1.29, 1.82) is 0 Å². The number of hydrogen-bond acceptors (Lipinski definition) is 6. The molecule has 0 amide bonds. The van der Waals surface area contributed by atoms with E-state index in [1.807, 2.05) is 18.4 Å². The smallest absolute Gasteiger partial charge is 0.340 e. The van der Waals surface area contributed by atoms with E-state index in [4.69, 9.17) is 9.47 Å². The predicted molar refractivity (Wildman–Crippen MR) is 104 cm³/mol. The highest BCUT2D eigenvalue weighted by Gasteiger charge is 2.28. The quantitative estimate of drug-likeness (QED) is 0.438. The highest BCUT2D eigenvalue weighted by atomic mass is 32.2. The Morgan fingerprint density at radius 2 is 1.81 bits per heavy atom. The van der Waals surface area contributed by atoms with Gasteiger partial charge in [0, 0.05) is 10.6 Å². The van der Waals surface area contributed by atoms with Crippen molar-refractivity contribution in [2.75, 3.05) is 12.9 Å². The minimum Gasteiger partial charge on any atom is -0.462 e. The molecule has 1 aromatic heterocycles. The molecule has 0 aliphatic heterocycles. The van der Waals surface area contributed by atoms with Crippen LogP contribution in [0.1, 0.15) is 56.3 Å². The number of aryl methyl sites for hydroxylation is 1. The highest BCUT2D eigenvalue weighted by molar-refractivity contribution is 7.98. The van der Waals surface area contributed by atoms with Gasteiger partial charge in [-0.25, -0.2) is 9.59 Å². The Labute approximate surface area is 162 Å². The Morgan fingerprint density at radius 3 is 2.44 bits per heavy atom. The third-order valence-corrected chi connectivity index (χ3v) is 4.94. The zero-order chi connectivity index (χ0) is 20.1. The van der Waals surface area contributed by atoms with E-state index < -0.39 is 23.8 Å². The Kier molecular flexibility index (Phi) is 6.85. The van der Waals surface area contributed by atoms with E-state index in [1.54, 1.807) is 32.9 Å². The summed E-state index contributed by atoms with van der Waals surface area (Å²) in [5.74, 6) is -1.45. The monoisotopic (exact) mass is 389 g/mol. The summed E-state index contributed by atoms with van der Waals surface area (Å²) >= 11 is 1.43. The molecule has 0 saturated heterocycles. The van der Waals surface area contributed by atoms with E-state index in [0.29, 0.717) is 22.4 Å². The van der Waals surface area contributed by atoms with Gasteiger partial charge in [-0.2, -0.15) is 0 Å². The lowest BCUT2D eigenvalue weighted by Gasteiger charge is -2.13. The van der Waals surface area contributed by atoms with Crippen molar-refractivity contribution in [1.82, 2.24) is 4.98 Å². The first kappa shape index (κ1) is 20.8. The second-order valence-electron chi connectivity index (χ2n) is 5.96. The van der Waals surface area contributed by atoms with E-state index in [-0.39, 0.29) is 12.3 Å². The number of carbonyl (C=O) groups is 3. The lowest BCUT2D eigenvalue weighted by molar-refractivity contribution is 0.0313. The minimum absolute atomic E-state index is 0.244. The van der Waals surface area contributed by atoms with Crippen LogP contribution in [0.2, 0.25) is 0 Å². The number of rotatable bonds is 7. The fourth-order valence-electron chi connectivity index (χ4n) is 2.80. The number of benzene rings is 1. The van der Waals surface area contributed by atoms with E-state index in [2.05, 4.69) is 4.98 Å². The number of thioether (sulfide) groups is 1. The third-order valence-electron chi connectivity index (χ3n) is 4.14. The molecule has 2 aromatic rings. The Hall–Kier alpha value is -2.54. The summed E-state index contributed by atoms with van der Waals surface area (Å²) in [4.78, 5) is 41.0. The summed E-state index contributed by atoms with van der Waals surface area (Å²) in [6.45, 7) is 6.84. The van der Waals surface area contributed by atoms with Crippen molar-refractivity contribution in [3.05, 3.63) is 52.3 Å². The second-order valence-corrected chi connectivity index (χ2v) is 6.81. The summed E-state index contributed by atoms with van der Waals surface area (Å²) in [5.41, 5.74) is 2.03. The van der Waals surface area contributed by atoms with Crippen molar-refractivity contribution < 1.29 is 23.9 Å². The second kappa shape index (κ2) is 8.90. The number of Topliss-reactive ketones (excluding diaryl/α,β-unsaturated/α-hetero) is 1. The summed E-state index contributed by atoms with van der Waals surface area (Å²) in [5, 5.41) is 0. The zero-order valence-corrected chi connectivity index (χ0v) is 16.9. The fourth-order valence-corrected chi connectivity index (χ4v) is 3.39. The van der Waals surface area contributed by atoms with Gasteiger partial charge in [-0.3, -0.25) is 4.79 Å². The van der Waals surface area contributed by atoms with Crippen molar-refractivity contribution >= 4 is 29.5 Å². The predicted octanol–water partition coefficient (Wildman–Crippen LogP) is 3.96. The fraction of sp³-hybridized carbons (Fsp3) is 0.350. The minimum atomic E-state index is -1.00. The SMILES string of the molecule is CCOC(=O)c1c(C)[nH]c(C(=O)[C@@H](C)OC(=O)c2ccccc2SC)c1C. The Morgan fingerprint density at radius 1 is 1.15 bits per heavy atom. The molecule has 1 heterocycles. The average molecular weight is 389 g/mol. The molecule has 7 heteroatoms. The third kappa shape index (κ3) is 4.42. The van der Waals surface area contributed by atoms with Gasteiger partial charge in [-0.15, -0.1) is 11.8 Å². The molecular formula is C20H23NO5S. The van der Waals surface area contributed by atoms with Crippen molar-refractivity contribution in [2.24, 2.45) is 0 Å². The number of carbonyl (C=O) groups excluding carboxylic acids is 3. The van der Waals surface area contributed by atoms with Crippen LogP contribution in [0.5, 0.6) is 0 Å². The molecule has 27 heavy (non-hydrogen) atoms. The van der Waals surface area contributed by atoms with E-state index in [1.165, 1.54) is 18.7 Å². The molecule has 0 radical (unpaired) electrons. The maximum Gasteiger partial charge on any atom is 0.340 e. The van der Waals surface area contributed by atoms with Crippen LogP contribution in [-0.2, 0) is 9.47 Å². The molecule has 0 unspecified atom stereocenters. The number of H-pyrrole nitrogens is 1. The maximum atomic E-state index is 12.8.